The molecule has 0 unspecified atom stereocenters. The Morgan fingerprint density at radius 1 is 1.12 bits per heavy atom. The zero-order valence-corrected chi connectivity index (χ0v) is 18.5. The number of nitrogens with zero attached hydrogens (tertiary/aromatic N) is 2. The summed E-state index contributed by atoms with van der Waals surface area (Å²) in [5.41, 5.74) is 2.41. The van der Waals surface area contributed by atoms with Crippen LogP contribution in [0, 0.1) is 5.82 Å². The van der Waals surface area contributed by atoms with Crippen molar-refractivity contribution in [3.05, 3.63) is 89.0 Å². The van der Waals surface area contributed by atoms with E-state index in [0.29, 0.717) is 22.6 Å². The fourth-order valence-electron chi connectivity index (χ4n) is 4.20. The van der Waals surface area contributed by atoms with E-state index in [1.54, 1.807) is 54.7 Å². The Kier molecular flexibility index (Phi) is 6.26. The van der Waals surface area contributed by atoms with E-state index >= 15 is 0 Å². The number of amides is 2. The Bertz CT molecular complexity index is 1170. The molecule has 0 spiro atoms. The number of nitrogens with one attached hydrogen (secondary N) is 1. The summed E-state index contributed by atoms with van der Waals surface area (Å²) in [6.45, 7) is 0.218. The molecule has 2 atom stereocenters. The lowest BCUT2D eigenvalue weighted by Crippen LogP contribution is -2.45. The predicted molar refractivity (Wildman–Crippen MR) is 120 cm³/mol. The van der Waals surface area contributed by atoms with Crippen molar-refractivity contribution in [2.24, 2.45) is 0 Å². The number of ether oxygens (including phenoxy) is 2. The van der Waals surface area contributed by atoms with E-state index in [9.17, 15) is 14.0 Å². The summed E-state index contributed by atoms with van der Waals surface area (Å²) < 4.78 is 24.1. The van der Waals surface area contributed by atoms with Gasteiger partial charge < -0.3 is 19.7 Å². The van der Waals surface area contributed by atoms with Crippen LogP contribution in [0.2, 0.25) is 0 Å². The maximum absolute atomic E-state index is 13.6. The van der Waals surface area contributed by atoms with Gasteiger partial charge in [0.1, 0.15) is 5.82 Å². The fourth-order valence-corrected chi connectivity index (χ4v) is 4.20. The lowest BCUT2D eigenvalue weighted by molar-refractivity contribution is -0.124. The molecule has 0 fully saturated rings. The molecule has 2 aromatic carbocycles. The van der Waals surface area contributed by atoms with E-state index in [4.69, 9.17) is 9.47 Å². The van der Waals surface area contributed by atoms with Gasteiger partial charge in [-0.05, 0) is 47.0 Å². The number of likely N-dealkylation sites (N-methyl/N-ethyl adjacent to an activating group) is 1. The Morgan fingerprint density at radius 2 is 1.82 bits per heavy atom. The third-order valence-corrected chi connectivity index (χ3v) is 5.86. The van der Waals surface area contributed by atoms with Crippen molar-refractivity contribution in [2.45, 2.75) is 18.5 Å². The average Bonchev–Trinajstić information content (AvgIpc) is 2.85. The van der Waals surface area contributed by atoms with Crippen molar-refractivity contribution in [3.63, 3.8) is 0 Å². The van der Waals surface area contributed by atoms with E-state index < -0.39 is 12.0 Å². The molecule has 1 aliphatic heterocycles. The van der Waals surface area contributed by atoms with Crippen LogP contribution in [-0.4, -0.2) is 43.0 Å². The normalized spacial score (nSPS) is 17.3. The van der Waals surface area contributed by atoms with E-state index in [2.05, 4.69) is 10.3 Å². The maximum Gasteiger partial charge on any atom is 0.254 e. The van der Waals surface area contributed by atoms with Crippen molar-refractivity contribution in [1.82, 2.24) is 15.2 Å². The lowest BCUT2D eigenvalue weighted by Gasteiger charge is -2.40. The standard InChI is InChI=1S/C25H24FN3O4/c1-29-23(16-5-4-10-27-14-16)22(24(30)28-13-15-6-8-17(26)9-7-15)18-11-20(32-2)21(33-3)12-19(18)25(29)31/h4-12,14,22-23H,13H2,1-3H3,(H,28,30)/t22-,23-/m0/s1. The summed E-state index contributed by atoms with van der Waals surface area (Å²) in [4.78, 5) is 32.6. The van der Waals surface area contributed by atoms with E-state index in [1.165, 1.54) is 26.4 Å². The zero-order valence-electron chi connectivity index (χ0n) is 18.5. The molecular weight excluding hydrogens is 425 g/mol. The van der Waals surface area contributed by atoms with Gasteiger partial charge in [-0.1, -0.05) is 18.2 Å². The highest BCUT2D eigenvalue weighted by Crippen LogP contribution is 2.45. The van der Waals surface area contributed by atoms with Gasteiger partial charge in [-0.15, -0.1) is 0 Å². The molecule has 0 saturated carbocycles. The highest BCUT2D eigenvalue weighted by atomic mass is 19.1. The molecule has 1 aliphatic rings. The van der Waals surface area contributed by atoms with Crippen LogP contribution in [0.25, 0.3) is 0 Å². The quantitative estimate of drug-likeness (QED) is 0.623. The van der Waals surface area contributed by atoms with Gasteiger partial charge in [0.25, 0.3) is 5.91 Å². The SMILES string of the molecule is COc1cc2c(cc1OC)[C@H](C(=O)NCc1ccc(F)cc1)[C@H](c1cccnc1)N(C)C2=O. The van der Waals surface area contributed by atoms with Crippen molar-refractivity contribution in [2.75, 3.05) is 21.3 Å². The Labute approximate surface area is 191 Å². The molecule has 0 aliphatic carbocycles. The van der Waals surface area contributed by atoms with Gasteiger partial charge in [-0.25, -0.2) is 4.39 Å². The van der Waals surface area contributed by atoms with Crippen LogP contribution >= 0.6 is 0 Å². The minimum absolute atomic E-state index is 0.218. The Morgan fingerprint density at radius 3 is 2.45 bits per heavy atom. The van der Waals surface area contributed by atoms with Crippen LogP contribution in [0.3, 0.4) is 0 Å². The highest BCUT2D eigenvalue weighted by molar-refractivity contribution is 6.02. The minimum atomic E-state index is -0.729. The van der Waals surface area contributed by atoms with Gasteiger partial charge >= 0.3 is 0 Å². The number of carbonyl (C=O) groups excluding carboxylic acids is 2. The number of aromatic nitrogens is 1. The monoisotopic (exact) mass is 449 g/mol. The van der Waals surface area contributed by atoms with Gasteiger partial charge in [0, 0.05) is 31.5 Å². The largest absolute Gasteiger partial charge is 0.493 e. The second-order valence-electron chi connectivity index (χ2n) is 7.76. The lowest BCUT2D eigenvalue weighted by atomic mass is 9.79. The summed E-state index contributed by atoms with van der Waals surface area (Å²) in [5.74, 6) is -0.752. The van der Waals surface area contributed by atoms with E-state index in [-0.39, 0.29) is 24.2 Å². The molecular formula is C25H24FN3O4. The second-order valence-corrected chi connectivity index (χ2v) is 7.76. The van der Waals surface area contributed by atoms with E-state index in [1.807, 2.05) is 6.07 Å². The predicted octanol–water partition coefficient (Wildman–Crippen LogP) is 3.46. The van der Waals surface area contributed by atoms with Crippen LogP contribution in [0.4, 0.5) is 4.39 Å². The summed E-state index contributed by atoms with van der Waals surface area (Å²) in [5, 5.41) is 2.94. The third-order valence-electron chi connectivity index (χ3n) is 5.86. The third kappa shape index (κ3) is 4.24. The van der Waals surface area contributed by atoms with Gasteiger partial charge in [-0.3, -0.25) is 14.6 Å². The highest BCUT2D eigenvalue weighted by Gasteiger charge is 2.43. The first kappa shape index (κ1) is 22.3. The molecule has 170 valence electrons. The van der Waals surface area contributed by atoms with Crippen LogP contribution in [-0.2, 0) is 11.3 Å². The van der Waals surface area contributed by atoms with Crippen LogP contribution in [0.15, 0.2) is 60.9 Å². The number of fused-ring (bicyclic) bond motifs is 1. The number of halogens is 1. The van der Waals surface area contributed by atoms with Gasteiger partial charge in [0.05, 0.1) is 26.2 Å². The summed E-state index contributed by atoms with van der Waals surface area (Å²) in [7, 11) is 4.66. The van der Waals surface area contributed by atoms with E-state index in [0.717, 1.165) is 11.1 Å². The summed E-state index contributed by atoms with van der Waals surface area (Å²) in [6, 6.07) is 12.2. The first-order valence-corrected chi connectivity index (χ1v) is 10.4. The summed E-state index contributed by atoms with van der Waals surface area (Å²) >= 11 is 0. The van der Waals surface area contributed by atoms with Gasteiger partial charge in [0.2, 0.25) is 5.91 Å². The first-order chi connectivity index (χ1) is 15.9. The molecule has 0 bridgehead atoms. The second kappa shape index (κ2) is 9.28. The number of hydrogen-bond donors (Lipinski definition) is 1. The molecule has 4 rings (SSSR count). The van der Waals surface area contributed by atoms with Crippen molar-refractivity contribution < 1.29 is 23.5 Å². The number of pyridine rings is 1. The topological polar surface area (TPSA) is 80.8 Å². The molecule has 1 aromatic heterocycles. The number of methoxy groups -OCH3 is 2. The van der Waals surface area contributed by atoms with Crippen LogP contribution in [0.1, 0.15) is 39.0 Å². The number of rotatable bonds is 6. The molecule has 7 nitrogen and oxygen atoms in total. The fraction of sp³-hybridized carbons (Fsp3) is 0.240. The van der Waals surface area contributed by atoms with Crippen LogP contribution in [0.5, 0.6) is 11.5 Å². The Hall–Kier alpha value is -3.94. The first-order valence-electron chi connectivity index (χ1n) is 10.4. The molecule has 2 amide bonds. The maximum atomic E-state index is 13.6. The van der Waals surface area contributed by atoms with Crippen molar-refractivity contribution in [3.8, 4) is 11.5 Å². The summed E-state index contributed by atoms with van der Waals surface area (Å²) in [6.07, 6.45) is 3.29. The van der Waals surface area contributed by atoms with Crippen molar-refractivity contribution >= 4 is 11.8 Å². The molecule has 3 aromatic rings. The molecule has 33 heavy (non-hydrogen) atoms. The van der Waals surface area contributed by atoms with Gasteiger partial charge in [0.15, 0.2) is 11.5 Å². The van der Waals surface area contributed by atoms with Gasteiger partial charge in [-0.2, -0.15) is 0 Å². The van der Waals surface area contributed by atoms with Crippen molar-refractivity contribution in [1.29, 1.82) is 0 Å². The number of hydrogen-bond acceptors (Lipinski definition) is 5. The number of benzene rings is 2. The number of carbonyl (C=O) groups is 2. The van der Waals surface area contributed by atoms with Crippen LogP contribution < -0.4 is 14.8 Å². The molecule has 8 heteroatoms. The molecule has 2 heterocycles. The minimum Gasteiger partial charge on any atom is -0.493 e. The average molecular weight is 449 g/mol. The molecule has 0 saturated heterocycles. The smallest absolute Gasteiger partial charge is 0.254 e. The molecule has 1 N–H and O–H groups in total. The zero-order chi connectivity index (χ0) is 23.5. The molecule has 0 radical (unpaired) electrons. The Balaban J connectivity index is 1.78.